The fraction of sp³-hybridized carbons (Fsp3) is 0.909. The third-order valence-electron chi connectivity index (χ3n) is 2.38. The molecule has 4 nitrogen and oxygen atoms in total. The van der Waals surface area contributed by atoms with Crippen LogP contribution in [0.1, 0.15) is 34.1 Å². The maximum absolute atomic E-state index is 12.0. The number of ether oxygens (including phenoxy) is 1. The Labute approximate surface area is 105 Å². The largest absolute Gasteiger partial charge is 0.411 e. The second-order valence-electron chi connectivity index (χ2n) is 4.94. The van der Waals surface area contributed by atoms with Crippen LogP contribution in [0.2, 0.25) is 0 Å². The predicted molar refractivity (Wildman–Crippen MR) is 62.0 cm³/mol. The van der Waals surface area contributed by atoms with Gasteiger partial charge in [0.25, 0.3) is 0 Å². The molecule has 0 fully saturated rings. The van der Waals surface area contributed by atoms with Gasteiger partial charge in [-0.05, 0) is 27.7 Å². The van der Waals surface area contributed by atoms with Gasteiger partial charge in [-0.2, -0.15) is 13.2 Å². The smallest absolute Gasteiger partial charge is 0.369 e. The zero-order valence-electron chi connectivity index (χ0n) is 11.1. The molecule has 108 valence electrons. The Bertz CT molecular complexity index is 282. The molecule has 0 aromatic heterocycles. The minimum absolute atomic E-state index is 0.0164. The number of alkyl halides is 3. The molecule has 0 aromatic rings. The highest BCUT2D eigenvalue weighted by Crippen LogP contribution is 2.19. The molecule has 0 aromatic carbocycles. The Balaban J connectivity index is 4.46. The normalized spacial score (nSPS) is 17.6. The molecule has 0 heterocycles. The number of hydrogen-bond acceptors (Lipinski definition) is 3. The average molecular weight is 270 g/mol. The Morgan fingerprint density at radius 3 is 2.17 bits per heavy atom. The lowest BCUT2D eigenvalue weighted by Gasteiger charge is -2.32. The lowest BCUT2D eigenvalue weighted by molar-refractivity contribution is -0.185. The molecular weight excluding hydrogens is 249 g/mol. The summed E-state index contributed by atoms with van der Waals surface area (Å²) >= 11 is 0. The third kappa shape index (κ3) is 6.80. The van der Waals surface area contributed by atoms with Crippen molar-refractivity contribution in [1.82, 2.24) is 5.32 Å². The quantitative estimate of drug-likeness (QED) is 0.738. The van der Waals surface area contributed by atoms with Gasteiger partial charge in [-0.25, -0.2) is 0 Å². The molecule has 0 aliphatic heterocycles. The van der Waals surface area contributed by atoms with E-state index in [9.17, 15) is 18.0 Å². The first-order valence-corrected chi connectivity index (χ1v) is 5.72. The fourth-order valence-corrected chi connectivity index (χ4v) is 1.74. The summed E-state index contributed by atoms with van der Waals surface area (Å²) in [7, 11) is 0. The molecule has 2 atom stereocenters. The first kappa shape index (κ1) is 17.2. The summed E-state index contributed by atoms with van der Waals surface area (Å²) in [5.41, 5.74) is 4.19. The van der Waals surface area contributed by atoms with Crippen molar-refractivity contribution in [3.8, 4) is 0 Å². The van der Waals surface area contributed by atoms with Gasteiger partial charge >= 0.3 is 6.18 Å². The highest BCUT2D eigenvalue weighted by atomic mass is 19.4. The van der Waals surface area contributed by atoms with Gasteiger partial charge in [0.05, 0.1) is 11.6 Å². The Morgan fingerprint density at radius 2 is 1.83 bits per heavy atom. The van der Waals surface area contributed by atoms with E-state index >= 15 is 0 Å². The Kier molecular flexibility index (Phi) is 6.09. The van der Waals surface area contributed by atoms with Crippen molar-refractivity contribution in [3.63, 3.8) is 0 Å². The van der Waals surface area contributed by atoms with Gasteiger partial charge < -0.3 is 15.8 Å². The highest BCUT2D eigenvalue weighted by molar-refractivity contribution is 5.84. The van der Waals surface area contributed by atoms with Crippen molar-refractivity contribution in [2.45, 2.75) is 58.0 Å². The maximum Gasteiger partial charge on any atom is 0.411 e. The molecule has 0 aliphatic rings. The van der Waals surface area contributed by atoms with Gasteiger partial charge in [0.2, 0.25) is 5.91 Å². The minimum Gasteiger partial charge on any atom is -0.369 e. The molecule has 18 heavy (non-hydrogen) atoms. The van der Waals surface area contributed by atoms with Crippen LogP contribution in [-0.2, 0) is 9.53 Å². The van der Waals surface area contributed by atoms with E-state index in [1.54, 1.807) is 6.92 Å². The van der Waals surface area contributed by atoms with Gasteiger partial charge in [-0.15, -0.1) is 0 Å². The van der Waals surface area contributed by atoms with E-state index in [-0.39, 0.29) is 12.5 Å². The molecule has 0 spiro atoms. The number of nitrogens with one attached hydrogen (secondary N) is 1. The van der Waals surface area contributed by atoms with Crippen LogP contribution in [0.3, 0.4) is 0 Å². The molecule has 3 N–H and O–H groups in total. The van der Waals surface area contributed by atoms with Gasteiger partial charge in [0.1, 0.15) is 6.61 Å². The van der Waals surface area contributed by atoms with Crippen LogP contribution in [0, 0.1) is 0 Å². The first-order chi connectivity index (χ1) is 7.96. The van der Waals surface area contributed by atoms with Crippen LogP contribution in [-0.4, -0.2) is 36.4 Å². The van der Waals surface area contributed by atoms with E-state index in [1.807, 2.05) is 13.8 Å². The lowest BCUT2D eigenvalue weighted by atomic mass is 9.93. The lowest BCUT2D eigenvalue weighted by Crippen LogP contribution is -2.57. The highest BCUT2D eigenvalue weighted by Gasteiger charge is 2.35. The van der Waals surface area contributed by atoms with Crippen molar-refractivity contribution in [2.75, 3.05) is 6.61 Å². The summed E-state index contributed by atoms with van der Waals surface area (Å²) < 4.78 is 40.6. The second kappa shape index (κ2) is 6.38. The first-order valence-electron chi connectivity index (χ1n) is 5.72. The third-order valence-corrected chi connectivity index (χ3v) is 2.38. The molecule has 0 bridgehead atoms. The summed E-state index contributed by atoms with van der Waals surface area (Å²) in [6, 6.07) is -0.0164. The topological polar surface area (TPSA) is 64.3 Å². The molecule has 0 rings (SSSR count). The van der Waals surface area contributed by atoms with Crippen molar-refractivity contribution < 1.29 is 22.7 Å². The number of hydrogen-bond donors (Lipinski definition) is 2. The molecular formula is C11H21F3N2O2. The minimum atomic E-state index is -4.37. The Hall–Kier alpha value is -0.820. The zero-order valence-corrected chi connectivity index (χ0v) is 11.1. The number of amides is 1. The molecule has 0 aliphatic carbocycles. The number of rotatable bonds is 7. The average Bonchev–Trinajstić information content (AvgIpc) is 2.11. The SMILES string of the molecule is CC(C)NC(C)(CC(C)OCC(F)(F)F)C(N)=O. The van der Waals surface area contributed by atoms with Gasteiger partial charge in [0.15, 0.2) is 0 Å². The Morgan fingerprint density at radius 1 is 1.33 bits per heavy atom. The number of nitrogens with two attached hydrogens (primary N) is 1. The number of primary amides is 1. The summed E-state index contributed by atoms with van der Waals surface area (Å²) in [4.78, 5) is 11.4. The number of halogens is 3. The van der Waals surface area contributed by atoms with Gasteiger partial charge in [-0.1, -0.05) is 0 Å². The van der Waals surface area contributed by atoms with E-state index in [4.69, 9.17) is 5.73 Å². The van der Waals surface area contributed by atoms with Crippen molar-refractivity contribution in [1.29, 1.82) is 0 Å². The summed E-state index contributed by atoms with van der Waals surface area (Å²) in [6.07, 6.45) is -5.02. The van der Waals surface area contributed by atoms with Crippen LogP contribution in [0.15, 0.2) is 0 Å². The molecule has 7 heteroatoms. The molecule has 0 radical (unpaired) electrons. The van der Waals surface area contributed by atoms with Crippen LogP contribution >= 0.6 is 0 Å². The fourth-order valence-electron chi connectivity index (χ4n) is 1.74. The van der Waals surface area contributed by atoms with Gasteiger partial charge in [0, 0.05) is 12.5 Å². The summed E-state index contributed by atoms with van der Waals surface area (Å²) in [5.74, 6) is -0.612. The van der Waals surface area contributed by atoms with Crippen molar-refractivity contribution >= 4 is 5.91 Å². The monoisotopic (exact) mass is 270 g/mol. The zero-order chi connectivity index (χ0) is 14.6. The van der Waals surface area contributed by atoms with Gasteiger partial charge in [-0.3, -0.25) is 4.79 Å². The maximum atomic E-state index is 12.0. The van der Waals surface area contributed by atoms with Crippen LogP contribution in [0.5, 0.6) is 0 Å². The van der Waals surface area contributed by atoms with Crippen LogP contribution in [0.4, 0.5) is 13.2 Å². The van der Waals surface area contributed by atoms with E-state index in [1.165, 1.54) is 6.92 Å². The summed E-state index contributed by atoms with van der Waals surface area (Å²) in [5, 5.41) is 2.95. The molecule has 1 amide bonds. The van der Waals surface area contributed by atoms with Crippen LogP contribution < -0.4 is 11.1 Å². The van der Waals surface area contributed by atoms with E-state index in [0.29, 0.717) is 0 Å². The molecule has 0 saturated heterocycles. The van der Waals surface area contributed by atoms with E-state index < -0.39 is 30.3 Å². The second-order valence-corrected chi connectivity index (χ2v) is 4.94. The van der Waals surface area contributed by atoms with Crippen LogP contribution in [0.25, 0.3) is 0 Å². The summed E-state index contributed by atoms with van der Waals surface area (Å²) in [6.45, 7) is 5.35. The van der Waals surface area contributed by atoms with Crippen molar-refractivity contribution in [3.05, 3.63) is 0 Å². The molecule has 0 saturated carbocycles. The molecule has 2 unspecified atom stereocenters. The van der Waals surface area contributed by atoms with E-state index in [2.05, 4.69) is 10.1 Å². The number of carbonyl (C=O) groups excluding carboxylic acids is 1. The standard InChI is InChI=1S/C11H21F3N2O2/c1-7(2)16-10(4,9(15)17)5-8(3)18-6-11(12,13)14/h7-8,16H,5-6H2,1-4H3,(H2,15,17). The van der Waals surface area contributed by atoms with Crippen molar-refractivity contribution in [2.24, 2.45) is 5.73 Å². The van der Waals surface area contributed by atoms with E-state index in [0.717, 1.165) is 0 Å². The number of carbonyl (C=O) groups is 1. The predicted octanol–water partition coefficient (Wildman–Crippen LogP) is 1.59.